The van der Waals surface area contributed by atoms with Crippen LogP contribution in [0.15, 0.2) is 53.1 Å². The van der Waals surface area contributed by atoms with Crippen molar-refractivity contribution in [2.75, 3.05) is 0 Å². The van der Waals surface area contributed by atoms with E-state index in [1.165, 1.54) is 0 Å². The van der Waals surface area contributed by atoms with Crippen LogP contribution in [0.3, 0.4) is 0 Å². The van der Waals surface area contributed by atoms with Gasteiger partial charge in [0.2, 0.25) is 11.8 Å². The molecule has 0 radical (unpaired) electrons. The van der Waals surface area contributed by atoms with Crippen LogP contribution in [0.5, 0.6) is 0 Å². The fraction of sp³-hybridized carbons (Fsp3) is 0.125. The van der Waals surface area contributed by atoms with E-state index >= 15 is 0 Å². The number of hydrogen-bond acceptors (Lipinski definition) is 5. The molecule has 6 nitrogen and oxygen atoms in total. The van der Waals surface area contributed by atoms with Crippen LogP contribution in [0.4, 0.5) is 0 Å². The van der Waals surface area contributed by atoms with Crippen molar-refractivity contribution < 1.29 is 9.21 Å². The number of nitrogens with one attached hydrogen (secondary N) is 1. The number of rotatable bonds is 5. The summed E-state index contributed by atoms with van der Waals surface area (Å²) in [5.41, 5.74) is 1.54. The molecular weight excluding hydrogens is 316 g/mol. The van der Waals surface area contributed by atoms with Crippen LogP contribution >= 0.6 is 11.6 Å². The van der Waals surface area contributed by atoms with Crippen LogP contribution in [-0.2, 0) is 17.8 Å². The minimum Gasteiger partial charge on any atom is -0.419 e. The fourth-order valence-electron chi connectivity index (χ4n) is 1.92. The molecule has 0 saturated heterocycles. The quantitative estimate of drug-likeness (QED) is 0.778. The number of amides is 1. The summed E-state index contributed by atoms with van der Waals surface area (Å²) >= 11 is 5.81. The summed E-state index contributed by atoms with van der Waals surface area (Å²) in [5.74, 6) is 0.349. The molecule has 2 aromatic heterocycles. The largest absolute Gasteiger partial charge is 0.419 e. The van der Waals surface area contributed by atoms with Crippen LogP contribution in [0.2, 0.25) is 5.02 Å². The normalized spacial score (nSPS) is 10.5. The van der Waals surface area contributed by atoms with Crippen molar-refractivity contribution in [3.63, 3.8) is 0 Å². The van der Waals surface area contributed by atoms with Crippen molar-refractivity contribution in [3.8, 4) is 11.6 Å². The third kappa shape index (κ3) is 4.14. The van der Waals surface area contributed by atoms with E-state index in [9.17, 15) is 4.79 Å². The van der Waals surface area contributed by atoms with Gasteiger partial charge in [-0.1, -0.05) is 29.8 Å². The predicted molar refractivity (Wildman–Crippen MR) is 84.5 cm³/mol. The third-order valence-electron chi connectivity index (χ3n) is 3.07. The standard InChI is InChI=1S/C16H13ClN4O2/c17-12-6-4-11(5-7-12)10-19-14(22)9-15-20-21-16(23-15)13-3-1-2-8-18-13/h1-8H,9-10H2,(H,19,22). The zero-order valence-corrected chi connectivity index (χ0v) is 12.8. The lowest BCUT2D eigenvalue weighted by Crippen LogP contribution is -2.24. The predicted octanol–water partition coefficient (Wildman–Crippen LogP) is 2.64. The van der Waals surface area contributed by atoms with Crippen molar-refractivity contribution in [2.24, 2.45) is 0 Å². The maximum Gasteiger partial charge on any atom is 0.266 e. The number of hydrogen-bond donors (Lipinski definition) is 1. The van der Waals surface area contributed by atoms with Crippen LogP contribution in [0.25, 0.3) is 11.6 Å². The van der Waals surface area contributed by atoms with Gasteiger partial charge in [-0.3, -0.25) is 9.78 Å². The molecule has 1 aromatic carbocycles. The van der Waals surface area contributed by atoms with E-state index < -0.39 is 0 Å². The molecule has 0 aliphatic carbocycles. The van der Waals surface area contributed by atoms with E-state index in [1.54, 1.807) is 30.5 Å². The molecule has 0 atom stereocenters. The molecule has 3 aromatic rings. The molecule has 0 saturated carbocycles. The molecule has 7 heteroatoms. The second kappa shape index (κ2) is 7.02. The molecule has 0 spiro atoms. The Morgan fingerprint density at radius 3 is 2.70 bits per heavy atom. The van der Waals surface area contributed by atoms with Crippen molar-refractivity contribution in [1.29, 1.82) is 0 Å². The van der Waals surface area contributed by atoms with Crippen molar-refractivity contribution in [3.05, 3.63) is 65.1 Å². The minimum atomic E-state index is -0.198. The number of carbonyl (C=O) groups is 1. The maximum absolute atomic E-state index is 11.9. The summed E-state index contributed by atoms with van der Waals surface area (Å²) in [6, 6.07) is 12.7. The maximum atomic E-state index is 11.9. The smallest absolute Gasteiger partial charge is 0.266 e. The molecule has 0 aliphatic heterocycles. The Hall–Kier alpha value is -2.73. The fourth-order valence-corrected chi connectivity index (χ4v) is 2.05. The van der Waals surface area contributed by atoms with E-state index in [0.717, 1.165) is 5.56 Å². The number of benzene rings is 1. The highest BCUT2D eigenvalue weighted by Crippen LogP contribution is 2.14. The Morgan fingerprint density at radius 2 is 1.96 bits per heavy atom. The van der Waals surface area contributed by atoms with Gasteiger partial charge in [0, 0.05) is 17.8 Å². The Balaban J connectivity index is 1.56. The second-order valence-electron chi connectivity index (χ2n) is 4.80. The number of pyridine rings is 1. The summed E-state index contributed by atoms with van der Waals surface area (Å²) in [5, 5.41) is 11.2. The summed E-state index contributed by atoms with van der Waals surface area (Å²) in [7, 11) is 0. The highest BCUT2D eigenvalue weighted by Gasteiger charge is 2.12. The van der Waals surface area contributed by atoms with Gasteiger partial charge in [-0.25, -0.2) is 0 Å². The monoisotopic (exact) mass is 328 g/mol. The zero-order valence-electron chi connectivity index (χ0n) is 12.1. The molecule has 0 unspecified atom stereocenters. The van der Waals surface area contributed by atoms with Gasteiger partial charge in [-0.15, -0.1) is 10.2 Å². The first-order chi connectivity index (χ1) is 11.2. The summed E-state index contributed by atoms with van der Waals surface area (Å²) < 4.78 is 5.45. The number of halogens is 1. The molecule has 116 valence electrons. The molecule has 0 bridgehead atoms. The highest BCUT2D eigenvalue weighted by molar-refractivity contribution is 6.30. The first kappa shape index (κ1) is 15.2. The van der Waals surface area contributed by atoms with Gasteiger partial charge >= 0.3 is 0 Å². The van der Waals surface area contributed by atoms with Gasteiger partial charge in [-0.05, 0) is 29.8 Å². The lowest BCUT2D eigenvalue weighted by Gasteiger charge is -2.03. The van der Waals surface area contributed by atoms with Crippen LogP contribution in [0, 0.1) is 0 Å². The number of carbonyl (C=O) groups excluding carboxylic acids is 1. The Labute approximate surface area is 137 Å². The highest BCUT2D eigenvalue weighted by atomic mass is 35.5. The van der Waals surface area contributed by atoms with E-state index in [2.05, 4.69) is 20.5 Å². The Bertz CT molecular complexity index is 787. The van der Waals surface area contributed by atoms with E-state index in [1.807, 2.05) is 18.2 Å². The average Bonchev–Trinajstić information content (AvgIpc) is 3.04. The number of aromatic nitrogens is 3. The molecule has 0 fully saturated rings. The van der Waals surface area contributed by atoms with Gasteiger partial charge in [0.15, 0.2) is 0 Å². The second-order valence-corrected chi connectivity index (χ2v) is 5.23. The van der Waals surface area contributed by atoms with Crippen molar-refractivity contribution in [2.45, 2.75) is 13.0 Å². The molecular formula is C16H13ClN4O2. The van der Waals surface area contributed by atoms with Crippen molar-refractivity contribution >= 4 is 17.5 Å². The molecule has 23 heavy (non-hydrogen) atoms. The summed E-state index contributed by atoms with van der Waals surface area (Å²) in [4.78, 5) is 16.0. The SMILES string of the molecule is O=C(Cc1nnc(-c2ccccn2)o1)NCc1ccc(Cl)cc1. The third-order valence-corrected chi connectivity index (χ3v) is 3.32. The van der Waals surface area contributed by atoms with Gasteiger partial charge in [-0.2, -0.15) is 0 Å². The molecule has 3 rings (SSSR count). The van der Waals surface area contributed by atoms with Gasteiger partial charge in [0.25, 0.3) is 5.89 Å². The topological polar surface area (TPSA) is 80.9 Å². The Kier molecular flexibility index (Phi) is 4.63. The van der Waals surface area contributed by atoms with E-state index in [0.29, 0.717) is 23.2 Å². The minimum absolute atomic E-state index is 0.0213. The van der Waals surface area contributed by atoms with Gasteiger partial charge < -0.3 is 9.73 Å². The Morgan fingerprint density at radius 1 is 1.13 bits per heavy atom. The first-order valence-electron chi connectivity index (χ1n) is 6.95. The lowest BCUT2D eigenvalue weighted by molar-refractivity contribution is -0.120. The summed E-state index contributed by atoms with van der Waals surface area (Å²) in [6.07, 6.45) is 1.66. The van der Waals surface area contributed by atoms with Gasteiger partial charge in [0.05, 0.1) is 0 Å². The lowest BCUT2D eigenvalue weighted by atomic mass is 10.2. The van der Waals surface area contributed by atoms with E-state index in [-0.39, 0.29) is 18.2 Å². The molecule has 1 N–H and O–H groups in total. The van der Waals surface area contributed by atoms with E-state index in [4.69, 9.17) is 16.0 Å². The zero-order chi connectivity index (χ0) is 16.1. The van der Waals surface area contributed by atoms with Crippen molar-refractivity contribution in [1.82, 2.24) is 20.5 Å². The average molecular weight is 329 g/mol. The number of nitrogens with zero attached hydrogens (tertiary/aromatic N) is 3. The molecule has 2 heterocycles. The van der Waals surface area contributed by atoms with Crippen LogP contribution in [-0.4, -0.2) is 21.1 Å². The van der Waals surface area contributed by atoms with Crippen LogP contribution < -0.4 is 5.32 Å². The van der Waals surface area contributed by atoms with Gasteiger partial charge in [0.1, 0.15) is 12.1 Å². The molecule has 1 amide bonds. The summed E-state index contributed by atoms with van der Waals surface area (Å²) in [6.45, 7) is 0.414. The van der Waals surface area contributed by atoms with Crippen LogP contribution in [0.1, 0.15) is 11.5 Å². The first-order valence-corrected chi connectivity index (χ1v) is 7.33. The molecule has 0 aliphatic rings.